The highest BCUT2D eigenvalue weighted by Gasteiger charge is 2.27. The molecule has 0 N–H and O–H groups in total. The number of carbonyl (C=O) groups is 1. The molecular weight excluding hydrogens is 350 g/mol. The zero-order valence-electron chi connectivity index (χ0n) is 15.3. The Labute approximate surface area is 162 Å². The number of hydrogen-bond acceptors (Lipinski definition) is 4. The van der Waals surface area contributed by atoms with Crippen LogP contribution < -0.4 is 4.74 Å². The van der Waals surface area contributed by atoms with Crippen molar-refractivity contribution in [3.05, 3.63) is 71.8 Å². The Hall–Kier alpha value is -3.78. The lowest BCUT2D eigenvalue weighted by Gasteiger charge is -2.17. The first-order valence-corrected chi connectivity index (χ1v) is 9.04. The Kier molecular flexibility index (Phi) is 4.69. The van der Waals surface area contributed by atoms with Crippen molar-refractivity contribution in [3.8, 4) is 11.8 Å². The molecule has 136 valence electrons. The predicted octanol–water partition coefficient (Wildman–Crippen LogP) is 4.27. The molecule has 1 amide bonds. The van der Waals surface area contributed by atoms with Gasteiger partial charge in [0.2, 0.25) is 0 Å². The number of fused-ring (bicyclic) bond motifs is 2. The van der Waals surface area contributed by atoms with Crippen LogP contribution in [0.25, 0.3) is 16.8 Å². The van der Waals surface area contributed by atoms with Crippen LogP contribution in [0, 0.1) is 17.2 Å². The second-order valence-corrected chi connectivity index (χ2v) is 6.33. The number of amides is 1. The maximum atomic E-state index is 12.4. The third kappa shape index (κ3) is 3.17. The lowest BCUT2D eigenvalue weighted by molar-refractivity contribution is -0.118. The molecule has 2 aliphatic rings. The second kappa shape index (κ2) is 7.45. The van der Waals surface area contributed by atoms with Crippen molar-refractivity contribution in [3.63, 3.8) is 0 Å². The summed E-state index contributed by atoms with van der Waals surface area (Å²) in [6, 6.07) is 13.9. The lowest BCUT2D eigenvalue weighted by atomic mass is 9.95. The van der Waals surface area contributed by atoms with Gasteiger partial charge in [0.1, 0.15) is 17.7 Å². The molecular formula is C23H17N3O2. The molecule has 1 unspecified atom stereocenters. The summed E-state index contributed by atoms with van der Waals surface area (Å²) in [5, 5.41) is 11.7. The summed E-state index contributed by atoms with van der Waals surface area (Å²) in [6.07, 6.45) is 8.85. The Morgan fingerprint density at radius 2 is 2.07 bits per heavy atom. The Bertz CT molecular complexity index is 1160. The van der Waals surface area contributed by atoms with Gasteiger partial charge in [0.25, 0.3) is 5.91 Å². The minimum atomic E-state index is -0.467. The predicted molar refractivity (Wildman–Crippen MR) is 110 cm³/mol. The van der Waals surface area contributed by atoms with E-state index in [-0.39, 0.29) is 17.3 Å². The van der Waals surface area contributed by atoms with Gasteiger partial charge < -0.3 is 4.74 Å². The van der Waals surface area contributed by atoms with Crippen molar-refractivity contribution in [2.24, 2.45) is 15.9 Å². The summed E-state index contributed by atoms with van der Waals surface area (Å²) in [5.74, 6) is 0.0201. The number of rotatable bonds is 4. The molecule has 1 aliphatic carbocycles. The standard InChI is InChI=1S/C23H17N3O2/c1-2-28-21-12-11-15-7-3-4-8-17(15)19(21)13-16(14-24)22-25-20-10-6-5-9-18(20)23(27)26-22/h3-13,18H,2H2,1H3/b16-13+. The number of ether oxygens (including phenoxy) is 1. The summed E-state index contributed by atoms with van der Waals surface area (Å²) in [4.78, 5) is 20.9. The molecule has 28 heavy (non-hydrogen) atoms. The van der Waals surface area contributed by atoms with E-state index >= 15 is 0 Å². The minimum Gasteiger partial charge on any atom is -0.493 e. The normalized spacial score (nSPS) is 18.4. The molecule has 0 radical (unpaired) electrons. The highest BCUT2D eigenvalue weighted by atomic mass is 16.5. The number of carbonyl (C=O) groups excluding carboxylic acids is 1. The quantitative estimate of drug-likeness (QED) is 0.758. The molecule has 0 fully saturated rings. The summed E-state index contributed by atoms with van der Waals surface area (Å²) in [6.45, 7) is 2.41. The number of hydrogen-bond donors (Lipinski definition) is 0. The molecule has 5 heteroatoms. The van der Waals surface area contributed by atoms with Gasteiger partial charge in [-0.15, -0.1) is 0 Å². The topological polar surface area (TPSA) is 74.8 Å². The van der Waals surface area contributed by atoms with Crippen molar-refractivity contribution in [1.82, 2.24) is 0 Å². The number of allylic oxidation sites excluding steroid dienone is 3. The maximum absolute atomic E-state index is 12.4. The van der Waals surface area contributed by atoms with E-state index in [9.17, 15) is 10.1 Å². The summed E-state index contributed by atoms with van der Waals surface area (Å²) in [5.41, 5.74) is 1.59. The van der Waals surface area contributed by atoms with E-state index in [4.69, 9.17) is 4.74 Å². The molecule has 0 aromatic heterocycles. The molecule has 2 aromatic rings. The molecule has 1 atom stereocenters. The number of amidine groups is 1. The lowest BCUT2D eigenvalue weighted by Crippen LogP contribution is -2.27. The van der Waals surface area contributed by atoms with Crippen molar-refractivity contribution >= 4 is 34.3 Å². The van der Waals surface area contributed by atoms with Crippen molar-refractivity contribution < 1.29 is 9.53 Å². The zero-order valence-corrected chi connectivity index (χ0v) is 15.3. The van der Waals surface area contributed by atoms with Gasteiger partial charge in [-0.05, 0) is 35.9 Å². The number of aliphatic imine (C=N–C) groups is 2. The Balaban J connectivity index is 1.86. The molecule has 2 aromatic carbocycles. The Morgan fingerprint density at radius 3 is 2.89 bits per heavy atom. The fourth-order valence-electron chi connectivity index (χ4n) is 3.29. The average Bonchev–Trinajstić information content (AvgIpc) is 2.73. The smallest absolute Gasteiger partial charge is 0.260 e. The highest BCUT2D eigenvalue weighted by molar-refractivity contribution is 6.26. The SMILES string of the molecule is CCOc1ccc2ccccc2c1/C=C(\C#N)C1=NC(=O)C2C=CC=CC2=N1. The van der Waals surface area contributed by atoms with Gasteiger partial charge >= 0.3 is 0 Å². The summed E-state index contributed by atoms with van der Waals surface area (Å²) >= 11 is 0. The van der Waals surface area contributed by atoms with E-state index < -0.39 is 5.92 Å². The molecule has 1 heterocycles. The van der Waals surface area contributed by atoms with E-state index in [1.807, 2.05) is 49.4 Å². The van der Waals surface area contributed by atoms with Crippen LogP contribution in [-0.4, -0.2) is 24.1 Å². The fourth-order valence-corrected chi connectivity index (χ4v) is 3.29. The van der Waals surface area contributed by atoms with Crippen LogP contribution in [0.2, 0.25) is 0 Å². The van der Waals surface area contributed by atoms with Gasteiger partial charge in [0, 0.05) is 5.56 Å². The molecule has 0 saturated heterocycles. The van der Waals surface area contributed by atoms with Gasteiger partial charge in [-0.25, -0.2) is 4.99 Å². The van der Waals surface area contributed by atoms with Crippen LogP contribution in [0.1, 0.15) is 12.5 Å². The van der Waals surface area contributed by atoms with Crippen LogP contribution in [-0.2, 0) is 4.79 Å². The van der Waals surface area contributed by atoms with E-state index in [1.54, 1.807) is 24.3 Å². The largest absolute Gasteiger partial charge is 0.493 e. The van der Waals surface area contributed by atoms with Crippen LogP contribution >= 0.6 is 0 Å². The third-order valence-corrected chi connectivity index (χ3v) is 4.60. The first-order chi connectivity index (χ1) is 13.7. The summed E-state index contributed by atoms with van der Waals surface area (Å²) in [7, 11) is 0. The average molecular weight is 367 g/mol. The van der Waals surface area contributed by atoms with Crippen molar-refractivity contribution in [1.29, 1.82) is 5.26 Å². The van der Waals surface area contributed by atoms with Gasteiger partial charge in [-0.3, -0.25) is 4.79 Å². The van der Waals surface area contributed by atoms with Gasteiger partial charge in [-0.2, -0.15) is 10.3 Å². The van der Waals surface area contributed by atoms with E-state index in [0.29, 0.717) is 18.1 Å². The third-order valence-electron chi connectivity index (χ3n) is 4.60. The number of benzene rings is 2. The van der Waals surface area contributed by atoms with E-state index in [2.05, 4.69) is 16.1 Å². The van der Waals surface area contributed by atoms with Crippen molar-refractivity contribution in [2.45, 2.75) is 6.92 Å². The maximum Gasteiger partial charge on any atom is 0.260 e. The molecule has 0 bridgehead atoms. The molecule has 1 aliphatic heterocycles. The van der Waals surface area contributed by atoms with Crippen LogP contribution in [0.5, 0.6) is 5.75 Å². The minimum absolute atomic E-state index is 0.133. The molecule has 4 rings (SSSR count). The van der Waals surface area contributed by atoms with Gasteiger partial charge in [-0.1, -0.05) is 48.6 Å². The summed E-state index contributed by atoms with van der Waals surface area (Å²) < 4.78 is 5.77. The van der Waals surface area contributed by atoms with E-state index in [1.165, 1.54) is 0 Å². The Morgan fingerprint density at radius 1 is 1.21 bits per heavy atom. The molecule has 5 nitrogen and oxygen atoms in total. The molecule has 0 saturated carbocycles. The second-order valence-electron chi connectivity index (χ2n) is 6.33. The number of nitriles is 1. The first kappa shape index (κ1) is 17.6. The fraction of sp³-hybridized carbons (Fsp3) is 0.130. The van der Waals surface area contributed by atoms with E-state index in [0.717, 1.165) is 16.3 Å². The highest BCUT2D eigenvalue weighted by Crippen LogP contribution is 2.31. The van der Waals surface area contributed by atoms with Gasteiger partial charge in [0.15, 0.2) is 5.84 Å². The van der Waals surface area contributed by atoms with Crippen molar-refractivity contribution in [2.75, 3.05) is 6.61 Å². The molecule has 0 spiro atoms. The number of nitrogens with zero attached hydrogens (tertiary/aromatic N) is 3. The van der Waals surface area contributed by atoms with Gasteiger partial charge in [0.05, 0.1) is 17.9 Å². The monoisotopic (exact) mass is 367 g/mol. The van der Waals surface area contributed by atoms with Crippen LogP contribution in [0.3, 0.4) is 0 Å². The first-order valence-electron chi connectivity index (χ1n) is 9.04. The zero-order chi connectivity index (χ0) is 19.5. The van der Waals surface area contributed by atoms with Crippen LogP contribution in [0.4, 0.5) is 0 Å². The van der Waals surface area contributed by atoms with Crippen LogP contribution in [0.15, 0.2) is 76.3 Å².